The van der Waals surface area contributed by atoms with E-state index in [0.29, 0.717) is 18.3 Å². The molecule has 21 heavy (non-hydrogen) atoms. The molecule has 5 heteroatoms. The lowest BCUT2D eigenvalue weighted by atomic mass is 9.78. The molecule has 0 spiro atoms. The number of hydrogen-bond donors (Lipinski definition) is 1. The van der Waals surface area contributed by atoms with Gasteiger partial charge >= 0.3 is 0 Å². The molecule has 116 valence electrons. The summed E-state index contributed by atoms with van der Waals surface area (Å²) in [5.74, 6) is 0.930. The summed E-state index contributed by atoms with van der Waals surface area (Å²) in [6, 6.07) is 0.467. The number of rotatable bonds is 2. The van der Waals surface area contributed by atoms with Crippen LogP contribution < -0.4 is 5.73 Å². The van der Waals surface area contributed by atoms with Gasteiger partial charge in [0.05, 0.1) is 17.1 Å². The van der Waals surface area contributed by atoms with Crippen molar-refractivity contribution in [2.24, 2.45) is 5.92 Å². The first-order valence-corrected chi connectivity index (χ1v) is 8.17. The molecule has 5 nitrogen and oxygen atoms in total. The third kappa shape index (κ3) is 2.65. The Labute approximate surface area is 126 Å². The number of likely N-dealkylation sites (tertiary alicyclic amines) is 1. The summed E-state index contributed by atoms with van der Waals surface area (Å²) in [6.45, 7) is 5.06. The summed E-state index contributed by atoms with van der Waals surface area (Å²) in [6.07, 6.45) is 7.50. The maximum Gasteiger partial charge on any atom is 0.244 e. The van der Waals surface area contributed by atoms with Crippen LogP contribution in [0.5, 0.6) is 0 Å². The van der Waals surface area contributed by atoms with E-state index in [2.05, 4.69) is 10.00 Å². The summed E-state index contributed by atoms with van der Waals surface area (Å²) < 4.78 is 1.76. The fourth-order valence-electron chi connectivity index (χ4n) is 4.02. The van der Waals surface area contributed by atoms with Crippen molar-refractivity contribution in [2.45, 2.75) is 65.0 Å². The SMILES string of the molecule is Cc1nn(CC(=O)N2CCCC3CCCCC32)c(C)c1N. The molecule has 2 atom stereocenters. The number of anilines is 1. The molecule has 2 unspecified atom stereocenters. The van der Waals surface area contributed by atoms with E-state index in [1.54, 1.807) is 4.68 Å². The number of carbonyl (C=O) groups is 1. The van der Waals surface area contributed by atoms with Crippen molar-refractivity contribution in [3.63, 3.8) is 0 Å². The number of aryl methyl sites for hydroxylation is 1. The van der Waals surface area contributed by atoms with Crippen LogP contribution in [0.3, 0.4) is 0 Å². The zero-order valence-corrected chi connectivity index (χ0v) is 13.1. The van der Waals surface area contributed by atoms with Gasteiger partial charge in [-0.25, -0.2) is 0 Å². The predicted octanol–water partition coefficient (Wildman–Crippen LogP) is 2.26. The summed E-state index contributed by atoms with van der Waals surface area (Å²) in [4.78, 5) is 14.8. The van der Waals surface area contributed by atoms with Gasteiger partial charge < -0.3 is 10.6 Å². The molecule has 0 aromatic carbocycles. The molecule has 1 aliphatic carbocycles. The van der Waals surface area contributed by atoms with Gasteiger partial charge in [-0.2, -0.15) is 5.10 Å². The van der Waals surface area contributed by atoms with Crippen molar-refractivity contribution in [1.82, 2.24) is 14.7 Å². The van der Waals surface area contributed by atoms with Crippen molar-refractivity contribution < 1.29 is 4.79 Å². The third-order valence-electron chi connectivity index (χ3n) is 5.29. The van der Waals surface area contributed by atoms with Crippen LogP contribution in [-0.4, -0.2) is 33.2 Å². The molecule has 1 aromatic heterocycles. The van der Waals surface area contributed by atoms with E-state index >= 15 is 0 Å². The molecular weight excluding hydrogens is 264 g/mol. The molecule has 2 aliphatic rings. The lowest BCUT2D eigenvalue weighted by Crippen LogP contribution is -2.50. The minimum atomic E-state index is 0.206. The van der Waals surface area contributed by atoms with Gasteiger partial charge in [0.15, 0.2) is 0 Å². The number of carbonyl (C=O) groups excluding carboxylic acids is 1. The van der Waals surface area contributed by atoms with Crippen molar-refractivity contribution >= 4 is 11.6 Å². The van der Waals surface area contributed by atoms with Gasteiger partial charge in [0.2, 0.25) is 5.91 Å². The highest BCUT2D eigenvalue weighted by Gasteiger charge is 2.35. The number of piperidine rings is 1. The zero-order chi connectivity index (χ0) is 15.0. The van der Waals surface area contributed by atoms with Gasteiger partial charge in [0.1, 0.15) is 6.54 Å². The van der Waals surface area contributed by atoms with Crippen LogP contribution in [0, 0.1) is 19.8 Å². The maximum atomic E-state index is 12.7. The van der Waals surface area contributed by atoms with Crippen molar-refractivity contribution in [1.29, 1.82) is 0 Å². The van der Waals surface area contributed by atoms with Crippen LogP contribution in [0.1, 0.15) is 49.9 Å². The van der Waals surface area contributed by atoms with Crippen LogP contribution in [0.2, 0.25) is 0 Å². The molecule has 1 saturated carbocycles. The van der Waals surface area contributed by atoms with Gasteiger partial charge in [-0.05, 0) is 45.4 Å². The second-order valence-electron chi connectivity index (χ2n) is 6.58. The summed E-state index contributed by atoms with van der Waals surface area (Å²) >= 11 is 0. The van der Waals surface area contributed by atoms with E-state index in [0.717, 1.165) is 30.3 Å². The van der Waals surface area contributed by atoms with E-state index in [1.807, 2.05) is 13.8 Å². The number of hydrogen-bond acceptors (Lipinski definition) is 3. The second-order valence-corrected chi connectivity index (χ2v) is 6.58. The van der Waals surface area contributed by atoms with Crippen LogP contribution in [-0.2, 0) is 11.3 Å². The lowest BCUT2D eigenvalue weighted by Gasteiger charge is -2.44. The Morgan fingerprint density at radius 1 is 1.24 bits per heavy atom. The van der Waals surface area contributed by atoms with E-state index in [9.17, 15) is 4.79 Å². The summed E-state index contributed by atoms with van der Waals surface area (Å²) in [7, 11) is 0. The molecular formula is C16H26N4O. The fraction of sp³-hybridized carbons (Fsp3) is 0.750. The molecule has 1 aromatic rings. The Morgan fingerprint density at radius 2 is 1.95 bits per heavy atom. The minimum Gasteiger partial charge on any atom is -0.396 e. The third-order valence-corrected chi connectivity index (χ3v) is 5.29. The first-order chi connectivity index (χ1) is 10.1. The Bertz CT molecular complexity index is 535. The molecule has 0 bridgehead atoms. The number of amides is 1. The van der Waals surface area contributed by atoms with E-state index in [4.69, 9.17) is 5.73 Å². The maximum absolute atomic E-state index is 12.7. The molecule has 2 fully saturated rings. The highest BCUT2D eigenvalue weighted by Crippen LogP contribution is 2.35. The van der Waals surface area contributed by atoms with Crippen LogP contribution in [0.15, 0.2) is 0 Å². The number of fused-ring (bicyclic) bond motifs is 1. The number of nitrogen functional groups attached to an aromatic ring is 1. The van der Waals surface area contributed by atoms with Gasteiger partial charge in [0.25, 0.3) is 0 Å². The molecule has 3 rings (SSSR count). The quantitative estimate of drug-likeness (QED) is 0.908. The molecule has 2 N–H and O–H groups in total. The Morgan fingerprint density at radius 3 is 2.67 bits per heavy atom. The van der Waals surface area contributed by atoms with E-state index in [1.165, 1.54) is 32.1 Å². The average Bonchev–Trinajstić information content (AvgIpc) is 2.74. The fourth-order valence-corrected chi connectivity index (χ4v) is 4.02. The van der Waals surface area contributed by atoms with E-state index in [-0.39, 0.29) is 5.91 Å². The monoisotopic (exact) mass is 290 g/mol. The largest absolute Gasteiger partial charge is 0.396 e. The topological polar surface area (TPSA) is 64.2 Å². The van der Waals surface area contributed by atoms with E-state index < -0.39 is 0 Å². The molecule has 1 saturated heterocycles. The molecule has 0 radical (unpaired) electrons. The smallest absolute Gasteiger partial charge is 0.244 e. The van der Waals surface area contributed by atoms with Crippen molar-refractivity contribution in [2.75, 3.05) is 12.3 Å². The average molecular weight is 290 g/mol. The summed E-state index contributed by atoms with van der Waals surface area (Å²) in [5.41, 5.74) is 8.38. The van der Waals surface area contributed by atoms with Crippen molar-refractivity contribution in [3.05, 3.63) is 11.4 Å². The first kappa shape index (κ1) is 14.4. The Kier molecular flexibility index (Phi) is 3.91. The predicted molar refractivity (Wildman–Crippen MR) is 82.8 cm³/mol. The molecule has 2 heterocycles. The van der Waals surface area contributed by atoms with Gasteiger partial charge in [-0.3, -0.25) is 9.48 Å². The van der Waals surface area contributed by atoms with Gasteiger partial charge in [0, 0.05) is 12.6 Å². The molecule has 1 aliphatic heterocycles. The van der Waals surface area contributed by atoms with Crippen LogP contribution in [0.25, 0.3) is 0 Å². The minimum absolute atomic E-state index is 0.206. The zero-order valence-electron chi connectivity index (χ0n) is 13.1. The standard InChI is InChI=1S/C16H26N4O/c1-11-16(17)12(2)20(18-11)10-15(21)19-9-5-7-13-6-3-4-8-14(13)19/h13-14H,3-10,17H2,1-2H3. The summed E-state index contributed by atoms with van der Waals surface area (Å²) in [5, 5.41) is 4.39. The Balaban J connectivity index is 1.73. The van der Waals surface area contributed by atoms with Crippen molar-refractivity contribution in [3.8, 4) is 0 Å². The Hall–Kier alpha value is -1.52. The number of aromatic nitrogens is 2. The second kappa shape index (κ2) is 5.70. The normalized spacial score (nSPS) is 25.7. The van der Waals surface area contributed by atoms with Gasteiger partial charge in [-0.1, -0.05) is 12.8 Å². The number of nitrogens with two attached hydrogens (primary N) is 1. The lowest BCUT2D eigenvalue weighted by molar-refractivity contribution is -0.138. The van der Waals surface area contributed by atoms with Crippen LogP contribution >= 0.6 is 0 Å². The molecule has 1 amide bonds. The van der Waals surface area contributed by atoms with Gasteiger partial charge in [-0.15, -0.1) is 0 Å². The highest BCUT2D eigenvalue weighted by atomic mass is 16.2. The number of nitrogens with zero attached hydrogens (tertiary/aromatic N) is 3. The van der Waals surface area contributed by atoms with Crippen LogP contribution in [0.4, 0.5) is 5.69 Å². The highest BCUT2D eigenvalue weighted by molar-refractivity contribution is 5.76. The first-order valence-electron chi connectivity index (χ1n) is 8.17.